The molecule has 1 aliphatic rings. The van der Waals surface area contributed by atoms with E-state index in [2.05, 4.69) is 5.32 Å². The van der Waals surface area contributed by atoms with Crippen LogP contribution in [0.25, 0.3) is 0 Å². The summed E-state index contributed by atoms with van der Waals surface area (Å²) in [5, 5.41) is 13.3. The predicted molar refractivity (Wildman–Crippen MR) is 98.0 cm³/mol. The molecule has 0 radical (unpaired) electrons. The summed E-state index contributed by atoms with van der Waals surface area (Å²) in [7, 11) is 0. The van der Waals surface area contributed by atoms with Crippen molar-refractivity contribution >= 4 is 17.5 Å². The summed E-state index contributed by atoms with van der Waals surface area (Å²) >= 11 is 6.15. The monoisotopic (exact) mass is 359 g/mol. The van der Waals surface area contributed by atoms with Crippen molar-refractivity contribution in [3.8, 4) is 5.75 Å². The molecule has 2 N–H and O–H groups in total. The third kappa shape index (κ3) is 4.74. The van der Waals surface area contributed by atoms with Gasteiger partial charge >= 0.3 is 0 Å². The van der Waals surface area contributed by atoms with E-state index in [0.717, 1.165) is 31.2 Å². The molecule has 0 saturated heterocycles. The second-order valence-corrected chi connectivity index (χ2v) is 6.76. The Hall–Kier alpha value is -2.04. The van der Waals surface area contributed by atoms with Gasteiger partial charge in [0.15, 0.2) is 0 Å². The van der Waals surface area contributed by atoms with Crippen LogP contribution in [-0.2, 0) is 6.61 Å². The summed E-state index contributed by atoms with van der Waals surface area (Å²) in [6.07, 6.45) is 2.83. The zero-order chi connectivity index (χ0) is 17.6. The standard InChI is InChI=1S/C20H22ClNO3/c21-18-7-3-1-5-14(18)13-25-19-8-4-2-6-17(19)20(24)22-15-9-11-16(23)12-10-15/h1-8,15-16,23H,9-13H2,(H,22,24). The van der Waals surface area contributed by atoms with Crippen LogP contribution in [0.15, 0.2) is 48.5 Å². The number of ether oxygens (including phenoxy) is 1. The van der Waals surface area contributed by atoms with Gasteiger partial charge in [-0.1, -0.05) is 41.9 Å². The van der Waals surface area contributed by atoms with Gasteiger partial charge in [0.1, 0.15) is 12.4 Å². The predicted octanol–water partition coefficient (Wildman–Crippen LogP) is 3.95. The molecule has 1 amide bonds. The first-order valence-electron chi connectivity index (χ1n) is 8.57. The lowest BCUT2D eigenvalue weighted by Gasteiger charge is -2.26. The van der Waals surface area contributed by atoms with Crippen molar-refractivity contribution in [3.05, 3.63) is 64.7 Å². The van der Waals surface area contributed by atoms with Gasteiger partial charge in [-0.05, 0) is 43.9 Å². The average molecular weight is 360 g/mol. The molecule has 0 aromatic heterocycles. The fraction of sp³-hybridized carbons (Fsp3) is 0.350. The summed E-state index contributed by atoms with van der Waals surface area (Å²) in [6.45, 7) is 0.305. The van der Waals surface area contributed by atoms with Gasteiger partial charge in [-0.3, -0.25) is 4.79 Å². The number of aliphatic hydroxyl groups is 1. The molecule has 4 nitrogen and oxygen atoms in total. The molecule has 1 fully saturated rings. The number of para-hydroxylation sites is 1. The first-order chi connectivity index (χ1) is 12.1. The number of amides is 1. The summed E-state index contributed by atoms with van der Waals surface area (Å²) < 4.78 is 5.85. The molecular formula is C20H22ClNO3. The molecule has 2 aromatic rings. The molecule has 1 saturated carbocycles. The lowest BCUT2D eigenvalue weighted by Crippen LogP contribution is -2.38. The highest BCUT2D eigenvalue weighted by Gasteiger charge is 2.22. The molecule has 2 aromatic carbocycles. The van der Waals surface area contributed by atoms with Crippen molar-refractivity contribution in [3.63, 3.8) is 0 Å². The number of hydrogen-bond acceptors (Lipinski definition) is 3. The van der Waals surface area contributed by atoms with Gasteiger partial charge in [-0.15, -0.1) is 0 Å². The minimum absolute atomic E-state index is 0.104. The van der Waals surface area contributed by atoms with Gasteiger partial charge in [0.2, 0.25) is 0 Å². The molecule has 0 heterocycles. The highest BCUT2D eigenvalue weighted by Crippen LogP contribution is 2.23. The number of aliphatic hydroxyl groups excluding tert-OH is 1. The largest absolute Gasteiger partial charge is 0.488 e. The molecule has 25 heavy (non-hydrogen) atoms. The van der Waals surface area contributed by atoms with Crippen LogP contribution >= 0.6 is 11.6 Å². The Morgan fingerprint density at radius 3 is 2.52 bits per heavy atom. The second kappa shape index (κ2) is 8.37. The molecule has 0 bridgehead atoms. The maximum Gasteiger partial charge on any atom is 0.255 e. The van der Waals surface area contributed by atoms with Crippen molar-refractivity contribution < 1.29 is 14.6 Å². The number of halogens is 1. The molecule has 0 aliphatic heterocycles. The Bertz CT molecular complexity index is 726. The minimum Gasteiger partial charge on any atom is -0.488 e. The summed E-state index contributed by atoms with van der Waals surface area (Å²) in [4.78, 5) is 12.6. The number of carbonyl (C=O) groups excluding carboxylic acids is 1. The number of benzene rings is 2. The first-order valence-corrected chi connectivity index (χ1v) is 8.95. The minimum atomic E-state index is -0.237. The maximum atomic E-state index is 12.6. The first kappa shape index (κ1) is 17.8. The van der Waals surface area contributed by atoms with Crippen LogP contribution in [0.1, 0.15) is 41.6 Å². The van der Waals surface area contributed by atoms with E-state index in [1.165, 1.54) is 0 Å². The highest BCUT2D eigenvalue weighted by atomic mass is 35.5. The summed E-state index contributed by atoms with van der Waals surface area (Å²) in [5.74, 6) is 0.395. The van der Waals surface area contributed by atoms with Crippen molar-refractivity contribution in [1.82, 2.24) is 5.32 Å². The Morgan fingerprint density at radius 2 is 1.76 bits per heavy atom. The normalized spacial score (nSPS) is 20.1. The van der Waals surface area contributed by atoms with Crippen molar-refractivity contribution in [2.45, 2.75) is 44.4 Å². The zero-order valence-electron chi connectivity index (χ0n) is 14.0. The van der Waals surface area contributed by atoms with Crippen molar-refractivity contribution in [2.75, 3.05) is 0 Å². The Balaban J connectivity index is 1.66. The van der Waals surface area contributed by atoms with Gasteiger partial charge in [0.05, 0.1) is 11.7 Å². The Morgan fingerprint density at radius 1 is 1.08 bits per heavy atom. The van der Waals surface area contributed by atoms with Crippen LogP contribution < -0.4 is 10.1 Å². The van der Waals surface area contributed by atoms with E-state index in [4.69, 9.17) is 16.3 Å². The van der Waals surface area contributed by atoms with Crippen molar-refractivity contribution in [1.29, 1.82) is 0 Å². The van der Waals surface area contributed by atoms with Crippen LogP contribution in [0.5, 0.6) is 5.75 Å². The number of hydrogen-bond donors (Lipinski definition) is 2. The van der Waals surface area contributed by atoms with E-state index >= 15 is 0 Å². The van der Waals surface area contributed by atoms with Crippen LogP contribution in [0.4, 0.5) is 0 Å². The number of rotatable bonds is 5. The molecule has 0 spiro atoms. The van der Waals surface area contributed by atoms with Crippen LogP contribution in [0.3, 0.4) is 0 Å². The molecule has 3 rings (SSSR count). The van der Waals surface area contributed by atoms with Gasteiger partial charge in [0, 0.05) is 16.6 Å². The van der Waals surface area contributed by atoms with E-state index < -0.39 is 0 Å². The molecule has 1 aliphatic carbocycles. The molecular weight excluding hydrogens is 338 g/mol. The number of carbonyl (C=O) groups is 1. The Kier molecular flexibility index (Phi) is 5.95. The lowest BCUT2D eigenvalue weighted by atomic mass is 9.93. The van der Waals surface area contributed by atoms with Crippen molar-refractivity contribution in [2.24, 2.45) is 0 Å². The third-order valence-electron chi connectivity index (χ3n) is 4.50. The van der Waals surface area contributed by atoms with E-state index in [1.54, 1.807) is 12.1 Å². The SMILES string of the molecule is O=C(NC1CCC(O)CC1)c1ccccc1OCc1ccccc1Cl. The fourth-order valence-electron chi connectivity index (χ4n) is 3.03. The summed E-state index contributed by atoms with van der Waals surface area (Å²) in [5.41, 5.74) is 1.39. The highest BCUT2D eigenvalue weighted by molar-refractivity contribution is 6.31. The third-order valence-corrected chi connectivity index (χ3v) is 4.87. The Labute approximate surface area is 152 Å². The van der Waals surface area contributed by atoms with Gasteiger partial charge in [0.25, 0.3) is 5.91 Å². The lowest BCUT2D eigenvalue weighted by molar-refractivity contribution is 0.0863. The average Bonchev–Trinajstić information content (AvgIpc) is 2.63. The van der Waals surface area contributed by atoms with E-state index in [0.29, 0.717) is 22.9 Å². The quantitative estimate of drug-likeness (QED) is 0.849. The molecule has 132 valence electrons. The second-order valence-electron chi connectivity index (χ2n) is 6.36. The van der Waals surface area contributed by atoms with Crippen LogP contribution in [0, 0.1) is 0 Å². The van der Waals surface area contributed by atoms with Gasteiger partial charge in [-0.2, -0.15) is 0 Å². The molecule has 0 unspecified atom stereocenters. The maximum absolute atomic E-state index is 12.6. The molecule has 0 atom stereocenters. The molecule has 5 heteroatoms. The fourth-order valence-corrected chi connectivity index (χ4v) is 3.22. The number of nitrogens with one attached hydrogen (secondary N) is 1. The van der Waals surface area contributed by atoms with Gasteiger partial charge in [-0.25, -0.2) is 0 Å². The van der Waals surface area contributed by atoms with Crippen LogP contribution in [0.2, 0.25) is 5.02 Å². The smallest absolute Gasteiger partial charge is 0.255 e. The zero-order valence-corrected chi connectivity index (χ0v) is 14.7. The van der Waals surface area contributed by atoms with E-state index in [9.17, 15) is 9.90 Å². The van der Waals surface area contributed by atoms with E-state index in [-0.39, 0.29) is 18.1 Å². The van der Waals surface area contributed by atoms with Crippen LogP contribution in [-0.4, -0.2) is 23.2 Å². The van der Waals surface area contributed by atoms with Gasteiger partial charge < -0.3 is 15.2 Å². The topological polar surface area (TPSA) is 58.6 Å². The summed E-state index contributed by atoms with van der Waals surface area (Å²) in [6, 6.07) is 14.8. The van der Waals surface area contributed by atoms with E-state index in [1.807, 2.05) is 36.4 Å².